The number of thiophene rings is 5. The summed E-state index contributed by atoms with van der Waals surface area (Å²) in [6.07, 6.45) is 1.44. The van der Waals surface area contributed by atoms with Gasteiger partial charge in [0.05, 0.1) is 31.3 Å². The Labute approximate surface area is 807 Å². The van der Waals surface area contributed by atoms with Crippen LogP contribution in [0.4, 0.5) is 52.7 Å². The molecule has 6 aromatic heterocycles. The van der Waals surface area contributed by atoms with Crippen molar-refractivity contribution in [1.82, 2.24) is 0 Å². The Bertz CT molecular complexity index is 5920. The SMILES string of the molecule is C.COCCOc1cc2c(cc1OCCOC)C1=C3C(=C4C=C(c5ccc(C(C)(C)C)s5)S[C@]4(c4ccc(C(C)(C)C)s4)[C@@]1(c1ccc(C(C)(C)C)cc1)O2)C(F)(F)C(F)(F)C3(F)F.COCCOc1cc2oc(-c3ccc(C(C)(C)C)cc3)c(C3=C(c4cc(-c5ccc(C(C)(C)C)s5)sc4-c4ccc(C(C)(C)C)s4)C(F)(F)C(F)(F)C3(F)F)c2cc1OCCOC.[U].[V]. The van der Waals surface area contributed by atoms with Gasteiger partial charge < -0.3 is 47.0 Å². The van der Waals surface area contributed by atoms with Crippen molar-refractivity contribution in [3.8, 4) is 59.6 Å². The zero-order valence-electron chi connectivity index (χ0n) is 75.4. The molecule has 0 N–H and O–H groups in total. The molecule has 15 rings (SSSR count). The summed E-state index contributed by atoms with van der Waals surface area (Å²) >= 11 is 7.83. The van der Waals surface area contributed by atoms with Crippen LogP contribution in [0, 0.1) is 31.1 Å². The number of rotatable bonds is 24. The number of halogens is 12. The first-order valence-electron chi connectivity index (χ1n) is 41.3. The van der Waals surface area contributed by atoms with Crippen molar-refractivity contribution in [3.05, 3.63) is 213 Å². The fraction of sp³-hybridized carbons (Fsp3) is 0.455. The van der Waals surface area contributed by atoms with Crippen LogP contribution < -0.4 is 23.7 Å². The topological polar surface area (TPSA) is 96.2 Å². The number of hydrogen-bond acceptors (Lipinski definition) is 16. The number of benzene rings is 4. The maximum Gasteiger partial charge on any atom is 0.380 e. The summed E-state index contributed by atoms with van der Waals surface area (Å²) in [6.45, 7) is 37.1. The smallest absolute Gasteiger partial charge is 0.380 e. The van der Waals surface area contributed by atoms with Crippen LogP contribution in [-0.4, -0.2) is 117 Å². The van der Waals surface area contributed by atoms with Crippen LogP contribution in [0.15, 0.2) is 155 Å². The normalized spacial score (nSPS) is 19.4. The molecule has 2 aliphatic heterocycles. The Morgan fingerprint density at radius 3 is 1.26 bits per heavy atom. The van der Waals surface area contributed by atoms with Crippen LogP contribution in [0.1, 0.15) is 195 Å². The molecule has 10 aromatic rings. The van der Waals surface area contributed by atoms with Crippen LogP contribution in [0.2, 0.25) is 0 Å². The van der Waals surface area contributed by atoms with Crippen molar-refractivity contribution in [2.24, 2.45) is 0 Å². The van der Waals surface area contributed by atoms with E-state index in [1.807, 2.05) is 158 Å². The standard InChI is InChI=1S/2C49H52F6O5S3.CH4.U.V/c1-42(2,3)27-12-14-28(15-13-27)45-39(29-24-32(58-22-20-56-10)33(26-31(29)60-45)59-23-21-57-11)41-40(47(50,51)49(54,55)48(41,52)53)30-25-35(34-16-17-36(61-34)43(4,5)6)63-46(30,45)38-19-18-37(62-38)44(7,8)9;1-44(2,3)28-14-12-27(13-15-28)42-39(29-24-32(58-22-20-56-10)33(26-31(29)60-42)59-23-21-57-11)41-40(47(50,51)49(54,55)48(41,52)53)30-25-36(34-16-18-37(61-34)45(4,5)6)63-43(30)35-17-19-38(62-35)46(7,8)9;;;/h2*12-19,24-26H,20-23H2,1-11H3;1H4;;/t45-,46+;;;;/m0..../s1. The van der Waals surface area contributed by atoms with Crippen LogP contribution in [0.25, 0.3) is 63.4 Å². The maximum absolute atomic E-state index is 17.2. The third kappa shape index (κ3) is 17.9. The minimum absolute atomic E-state index is 0. The number of thioether (sulfide) groups is 1. The molecule has 0 saturated heterocycles. The van der Waals surface area contributed by atoms with E-state index in [4.69, 9.17) is 47.0 Å². The van der Waals surface area contributed by atoms with E-state index in [0.29, 0.717) is 34.9 Å². The summed E-state index contributed by atoms with van der Waals surface area (Å²) in [5.74, 6) is -33.0. The fourth-order valence-electron chi connectivity index (χ4n) is 16.2. The number of alkyl halides is 12. The van der Waals surface area contributed by atoms with E-state index in [-0.39, 0.29) is 204 Å². The summed E-state index contributed by atoms with van der Waals surface area (Å²) in [5, 5.41) is -0.145. The third-order valence-corrected chi connectivity index (χ3v) is 32.5. The van der Waals surface area contributed by atoms with Crippen LogP contribution in [0.3, 0.4) is 0 Å². The van der Waals surface area contributed by atoms with Crippen LogP contribution in [0.5, 0.6) is 28.7 Å². The molecule has 2 atom stereocenters. The minimum atomic E-state index is -5.85. The average Bonchev–Trinajstić information content (AvgIpc) is 1.46. The zero-order valence-corrected chi connectivity index (χ0v) is 85.8. The molecule has 30 heteroatoms. The van der Waals surface area contributed by atoms with E-state index < -0.39 is 90.3 Å². The molecule has 1 saturated carbocycles. The summed E-state index contributed by atoms with van der Waals surface area (Å²) in [7, 11) is 5.94. The number of allylic oxidation sites excluding steroid dienone is 5. The molecular formula is C99H108F12O10S6UV. The summed E-state index contributed by atoms with van der Waals surface area (Å²) < 4.78 is 260. The fourth-order valence-corrected chi connectivity index (χ4v) is 23.9. The molecule has 0 spiro atoms. The van der Waals surface area contributed by atoms with Gasteiger partial charge in [-0.25, -0.2) is 0 Å². The van der Waals surface area contributed by atoms with Crippen LogP contribution >= 0.6 is 68.4 Å². The number of methoxy groups -OCH3 is 4. The number of fused-ring (bicyclic) bond motifs is 7. The first-order valence-corrected chi connectivity index (χ1v) is 46.2. The molecule has 1 fully saturated rings. The van der Waals surface area contributed by atoms with E-state index in [1.165, 1.54) is 122 Å². The van der Waals surface area contributed by atoms with Gasteiger partial charge in [0.25, 0.3) is 0 Å². The van der Waals surface area contributed by atoms with Gasteiger partial charge in [0.2, 0.25) is 0 Å². The quantitative estimate of drug-likeness (QED) is 0.0427. The molecule has 129 heavy (non-hydrogen) atoms. The second-order valence-corrected chi connectivity index (χ2v) is 44.9. The molecule has 5 aliphatic rings. The van der Waals surface area contributed by atoms with Gasteiger partial charge in [-0.05, 0) is 122 Å². The van der Waals surface area contributed by atoms with Gasteiger partial charge in [-0.2, -0.15) is 52.7 Å². The molecule has 0 amide bonds. The number of hydrogen-bond donors (Lipinski definition) is 0. The Morgan fingerprint density at radius 1 is 0.372 bits per heavy atom. The Balaban J connectivity index is 0.000000244. The van der Waals surface area contributed by atoms with Crippen molar-refractivity contribution >= 4 is 101 Å². The number of ether oxygens (including phenoxy) is 9. The molecule has 3 aliphatic carbocycles. The Morgan fingerprint density at radius 2 is 0.783 bits per heavy atom. The zero-order chi connectivity index (χ0) is 92.0. The summed E-state index contributed by atoms with van der Waals surface area (Å²) in [4.78, 5) is 7.24. The van der Waals surface area contributed by atoms with Gasteiger partial charge >= 0.3 is 35.5 Å². The van der Waals surface area contributed by atoms with E-state index in [1.54, 1.807) is 42.5 Å². The van der Waals surface area contributed by atoms with Crippen molar-refractivity contribution in [2.75, 3.05) is 81.3 Å². The molecule has 10 nitrogen and oxygen atoms in total. The average molecular weight is 2170 g/mol. The van der Waals surface area contributed by atoms with Gasteiger partial charge in [0, 0.05) is 200 Å². The van der Waals surface area contributed by atoms with E-state index in [9.17, 15) is 0 Å². The third-order valence-electron chi connectivity index (χ3n) is 23.0. The molecule has 1 radical (unpaired) electrons. The largest absolute Gasteiger partial charge is 0.487 e. The van der Waals surface area contributed by atoms with Gasteiger partial charge in [0.1, 0.15) is 48.3 Å². The predicted molar refractivity (Wildman–Crippen MR) is 493 cm³/mol. The Kier molecular flexibility index (Phi) is 29.5. The molecule has 4 aromatic carbocycles. The van der Waals surface area contributed by atoms with E-state index >= 15 is 52.7 Å². The van der Waals surface area contributed by atoms with Crippen molar-refractivity contribution < 1.29 is 149 Å². The molecule has 8 heterocycles. The van der Waals surface area contributed by atoms with Gasteiger partial charge in [0.15, 0.2) is 28.6 Å². The first kappa shape index (κ1) is 103. The minimum Gasteiger partial charge on any atom is -0.487 e. The summed E-state index contributed by atoms with van der Waals surface area (Å²) in [6, 6.07) is 35.9. The van der Waals surface area contributed by atoms with Crippen molar-refractivity contribution in [2.45, 2.75) is 210 Å². The summed E-state index contributed by atoms with van der Waals surface area (Å²) in [5.41, 5.74) is -9.62. The molecule has 0 bridgehead atoms. The van der Waals surface area contributed by atoms with Gasteiger partial charge in [-0.3, -0.25) is 0 Å². The van der Waals surface area contributed by atoms with E-state index in [0.717, 1.165) is 42.0 Å². The number of furan rings is 1. The van der Waals surface area contributed by atoms with Crippen molar-refractivity contribution in [1.29, 1.82) is 0 Å². The van der Waals surface area contributed by atoms with Gasteiger partial charge in [-0.1, -0.05) is 181 Å². The Hall–Kier alpha value is -6.13. The van der Waals surface area contributed by atoms with Crippen LogP contribution in [-0.2, 0) is 80.3 Å². The molecule has 693 valence electrons. The molecule has 0 unspecified atom stereocenters. The first-order chi connectivity index (χ1) is 58.6. The second kappa shape index (κ2) is 36.8. The molecular weight excluding hydrogens is 2060 g/mol. The van der Waals surface area contributed by atoms with Gasteiger partial charge in [-0.15, -0.1) is 68.4 Å². The van der Waals surface area contributed by atoms with E-state index in [2.05, 4.69) is 20.8 Å². The maximum atomic E-state index is 17.2. The second-order valence-electron chi connectivity index (χ2n) is 38.2. The van der Waals surface area contributed by atoms with Crippen molar-refractivity contribution in [3.63, 3.8) is 0 Å². The monoisotopic (exact) mass is 2170 g/mol. The predicted octanol–water partition coefficient (Wildman–Crippen LogP) is 29.7.